The van der Waals surface area contributed by atoms with Crippen LogP contribution in [0.1, 0.15) is 24.5 Å². The number of ether oxygens (including phenoxy) is 1. The maximum absolute atomic E-state index is 12.6. The van der Waals surface area contributed by atoms with Crippen molar-refractivity contribution in [3.05, 3.63) is 35.4 Å². The van der Waals surface area contributed by atoms with Crippen LogP contribution in [0.15, 0.2) is 24.3 Å². The number of carbonyl (C=O) groups excluding carboxylic acids is 2. The second-order valence-electron chi connectivity index (χ2n) is 4.35. The summed E-state index contributed by atoms with van der Waals surface area (Å²) in [5, 5.41) is 0. The highest BCUT2D eigenvalue weighted by Gasteiger charge is 2.47. The summed E-state index contributed by atoms with van der Waals surface area (Å²) in [4.78, 5) is 22.6. The fourth-order valence-corrected chi connectivity index (χ4v) is 1.87. The van der Waals surface area contributed by atoms with Gasteiger partial charge in [-0.3, -0.25) is 9.59 Å². The molecule has 18 heavy (non-hydrogen) atoms. The van der Waals surface area contributed by atoms with Gasteiger partial charge in [0.05, 0.1) is 12.0 Å². The highest BCUT2D eigenvalue weighted by molar-refractivity contribution is 6.00. The molecule has 0 amide bonds. The Hall–Kier alpha value is -1.85. The summed E-state index contributed by atoms with van der Waals surface area (Å²) >= 11 is 0. The van der Waals surface area contributed by atoms with Crippen molar-refractivity contribution in [1.82, 2.24) is 0 Å². The Kier molecular flexibility index (Phi) is 2.68. The molecule has 0 N–H and O–H groups in total. The lowest BCUT2D eigenvalue weighted by Gasteiger charge is -2.19. The molecule has 0 spiro atoms. The van der Waals surface area contributed by atoms with E-state index in [2.05, 4.69) is 4.74 Å². The standard InChI is InChI=1S/C12H9F3O3/c1-11(6-9(16)18-10(11)17)7-3-2-4-8(5-7)12(13,14)15/h2-5H,6H2,1H3. The molecule has 1 unspecified atom stereocenters. The van der Waals surface area contributed by atoms with Gasteiger partial charge in [0, 0.05) is 0 Å². The van der Waals surface area contributed by atoms with Gasteiger partial charge in [-0.15, -0.1) is 0 Å². The number of esters is 2. The van der Waals surface area contributed by atoms with E-state index < -0.39 is 29.1 Å². The van der Waals surface area contributed by atoms with Gasteiger partial charge in [-0.1, -0.05) is 18.2 Å². The molecule has 0 saturated carbocycles. The summed E-state index contributed by atoms with van der Waals surface area (Å²) in [5.74, 6) is -1.54. The van der Waals surface area contributed by atoms with Crippen molar-refractivity contribution in [3.8, 4) is 0 Å². The zero-order valence-corrected chi connectivity index (χ0v) is 9.38. The van der Waals surface area contributed by atoms with Crippen LogP contribution in [0.3, 0.4) is 0 Å². The number of cyclic esters (lactones) is 2. The first kappa shape index (κ1) is 12.6. The fraction of sp³-hybridized carbons (Fsp3) is 0.333. The molecule has 0 aromatic heterocycles. The normalized spacial score (nSPS) is 24.2. The fourth-order valence-electron chi connectivity index (χ4n) is 1.87. The predicted octanol–water partition coefficient (Wildman–Crippen LogP) is 2.44. The molecule has 1 saturated heterocycles. The molecule has 3 nitrogen and oxygen atoms in total. The zero-order valence-electron chi connectivity index (χ0n) is 9.38. The molecule has 2 rings (SSSR count). The maximum Gasteiger partial charge on any atom is 0.416 e. The van der Waals surface area contributed by atoms with Crippen LogP contribution >= 0.6 is 0 Å². The van der Waals surface area contributed by atoms with Crippen molar-refractivity contribution in [3.63, 3.8) is 0 Å². The van der Waals surface area contributed by atoms with Gasteiger partial charge in [0.1, 0.15) is 5.41 Å². The third-order valence-corrected chi connectivity index (χ3v) is 2.98. The average molecular weight is 258 g/mol. The number of hydrogen-bond donors (Lipinski definition) is 0. The van der Waals surface area contributed by atoms with Gasteiger partial charge in [0.15, 0.2) is 0 Å². The first-order valence-corrected chi connectivity index (χ1v) is 5.16. The minimum absolute atomic E-state index is 0.133. The molecular weight excluding hydrogens is 249 g/mol. The highest BCUT2D eigenvalue weighted by atomic mass is 19.4. The van der Waals surface area contributed by atoms with Crippen LogP contribution in [-0.4, -0.2) is 11.9 Å². The van der Waals surface area contributed by atoms with Gasteiger partial charge in [-0.25, -0.2) is 0 Å². The smallest absolute Gasteiger partial charge is 0.392 e. The first-order chi connectivity index (χ1) is 8.23. The molecule has 6 heteroatoms. The molecule has 1 heterocycles. The molecule has 0 bridgehead atoms. The third kappa shape index (κ3) is 1.98. The summed E-state index contributed by atoms with van der Waals surface area (Å²) in [5.41, 5.74) is -2.06. The van der Waals surface area contributed by atoms with Crippen LogP contribution < -0.4 is 0 Å². The van der Waals surface area contributed by atoms with Gasteiger partial charge in [0.2, 0.25) is 0 Å². The topological polar surface area (TPSA) is 43.4 Å². The lowest BCUT2D eigenvalue weighted by molar-refractivity contribution is -0.153. The van der Waals surface area contributed by atoms with E-state index in [0.717, 1.165) is 12.1 Å². The third-order valence-electron chi connectivity index (χ3n) is 2.98. The SMILES string of the molecule is CC1(c2cccc(C(F)(F)F)c2)CC(=O)OC1=O. The summed E-state index contributed by atoms with van der Waals surface area (Å²) in [6.07, 6.45) is -4.73. The molecular formula is C12H9F3O3. The van der Waals surface area contributed by atoms with E-state index in [1.165, 1.54) is 19.1 Å². The van der Waals surface area contributed by atoms with Crippen molar-refractivity contribution in [1.29, 1.82) is 0 Å². The summed E-state index contributed by atoms with van der Waals surface area (Å²) in [6, 6.07) is 4.38. The minimum Gasteiger partial charge on any atom is -0.392 e. The number of hydrogen-bond acceptors (Lipinski definition) is 3. The Morgan fingerprint density at radius 3 is 2.44 bits per heavy atom. The molecule has 1 aromatic rings. The highest BCUT2D eigenvalue weighted by Crippen LogP contribution is 2.37. The summed E-state index contributed by atoms with van der Waals surface area (Å²) in [7, 11) is 0. The Morgan fingerprint density at radius 1 is 1.28 bits per heavy atom. The van der Waals surface area contributed by atoms with Gasteiger partial charge in [0.25, 0.3) is 0 Å². The molecule has 1 aromatic carbocycles. The molecule has 96 valence electrons. The Balaban J connectivity index is 2.46. The van der Waals surface area contributed by atoms with Crippen LogP contribution in [0.25, 0.3) is 0 Å². The monoisotopic (exact) mass is 258 g/mol. The Bertz CT molecular complexity index is 522. The lowest BCUT2D eigenvalue weighted by atomic mass is 9.80. The first-order valence-electron chi connectivity index (χ1n) is 5.16. The Labute approximate surface area is 101 Å². The lowest BCUT2D eigenvalue weighted by Crippen LogP contribution is -2.27. The van der Waals surface area contributed by atoms with Crippen LogP contribution in [0.4, 0.5) is 13.2 Å². The number of alkyl halides is 3. The average Bonchev–Trinajstić information content (AvgIpc) is 2.53. The second-order valence-corrected chi connectivity index (χ2v) is 4.35. The van der Waals surface area contributed by atoms with E-state index in [9.17, 15) is 22.8 Å². The molecule has 1 aliphatic rings. The van der Waals surface area contributed by atoms with E-state index in [-0.39, 0.29) is 12.0 Å². The molecule has 1 aliphatic heterocycles. The molecule has 1 atom stereocenters. The van der Waals surface area contributed by atoms with E-state index in [4.69, 9.17) is 0 Å². The van der Waals surface area contributed by atoms with E-state index in [1.54, 1.807) is 0 Å². The number of halogens is 3. The van der Waals surface area contributed by atoms with Crippen LogP contribution in [-0.2, 0) is 25.9 Å². The van der Waals surface area contributed by atoms with Crippen molar-refractivity contribution < 1.29 is 27.5 Å². The van der Waals surface area contributed by atoms with E-state index >= 15 is 0 Å². The van der Waals surface area contributed by atoms with Crippen molar-refractivity contribution in [2.24, 2.45) is 0 Å². The largest absolute Gasteiger partial charge is 0.416 e. The van der Waals surface area contributed by atoms with Crippen LogP contribution in [0.5, 0.6) is 0 Å². The maximum atomic E-state index is 12.6. The van der Waals surface area contributed by atoms with Gasteiger partial charge in [-0.05, 0) is 18.6 Å². The predicted molar refractivity (Wildman–Crippen MR) is 54.5 cm³/mol. The van der Waals surface area contributed by atoms with Crippen molar-refractivity contribution in [2.45, 2.75) is 24.9 Å². The zero-order chi connectivity index (χ0) is 13.6. The van der Waals surface area contributed by atoms with E-state index in [1.807, 2.05) is 0 Å². The number of benzene rings is 1. The van der Waals surface area contributed by atoms with Crippen molar-refractivity contribution >= 4 is 11.9 Å². The molecule has 1 fully saturated rings. The minimum atomic E-state index is -4.49. The molecule has 0 radical (unpaired) electrons. The number of carbonyl (C=O) groups is 2. The summed E-state index contributed by atoms with van der Waals surface area (Å²) in [6.45, 7) is 1.40. The second kappa shape index (κ2) is 3.83. The van der Waals surface area contributed by atoms with Crippen LogP contribution in [0.2, 0.25) is 0 Å². The molecule has 0 aliphatic carbocycles. The van der Waals surface area contributed by atoms with Gasteiger partial charge < -0.3 is 4.74 Å². The van der Waals surface area contributed by atoms with Crippen LogP contribution in [0, 0.1) is 0 Å². The quantitative estimate of drug-likeness (QED) is 0.574. The van der Waals surface area contributed by atoms with Gasteiger partial charge >= 0.3 is 18.1 Å². The Morgan fingerprint density at radius 2 is 1.94 bits per heavy atom. The van der Waals surface area contributed by atoms with Gasteiger partial charge in [-0.2, -0.15) is 13.2 Å². The summed E-state index contributed by atoms with van der Waals surface area (Å²) < 4.78 is 42.1. The van der Waals surface area contributed by atoms with E-state index in [0.29, 0.717) is 0 Å². The number of rotatable bonds is 1. The van der Waals surface area contributed by atoms with Crippen molar-refractivity contribution in [2.75, 3.05) is 0 Å².